The molecule has 1 heteroatoms. The Morgan fingerprint density at radius 1 is 0.419 bits per heavy atom. The Balaban J connectivity index is 1.10. The van der Waals surface area contributed by atoms with Gasteiger partial charge >= 0.3 is 0 Å². The monoisotopic (exact) mass is 789 g/mol. The van der Waals surface area contributed by atoms with Crippen molar-refractivity contribution >= 4 is 38.6 Å². The van der Waals surface area contributed by atoms with Gasteiger partial charge in [-0.1, -0.05) is 195 Å². The zero-order valence-electron chi connectivity index (χ0n) is 34.8. The highest BCUT2D eigenvalue weighted by Gasteiger charge is 2.32. The predicted molar refractivity (Wildman–Crippen MR) is 262 cm³/mol. The molecule has 0 saturated heterocycles. The zero-order chi connectivity index (χ0) is 41.6. The molecule has 0 bridgehead atoms. The number of nitrogens with zero attached hydrogens (tertiary/aromatic N) is 1. The first-order valence-electron chi connectivity index (χ1n) is 21.5. The lowest BCUT2D eigenvalue weighted by molar-refractivity contribution is 0.870. The quantitative estimate of drug-likeness (QED) is 0.145. The maximum atomic E-state index is 3.48. The van der Waals surface area contributed by atoms with Crippen LogP contribution in [0.25, 0.3) is 82.9 Å². The summed E-state index contributed by atoms with van der Waals surface area (Å²) in [5, 5.41) is 5.01. The summed E-state index contributed by atoms with van der Waals surface area (Å²) in [6, 6.07) is 86.1. The molecule has 0 saturated carbocycles. The molecule has 62 heavy (non-hydrogen) atoms. The molecule has 1 aliphatic heterocycles. The van der Waals surface area contributed by atoms with Crippen molar-refractivity contribution in [1.82, 2.24) is 0 Å². The van der Waals surface area contributed by atoms with Gasteiger partial charge in [-0.15, -0.1) is 0 Å². The van der Waals surface area contributed by atoms with E-state index in [9.17, 15) is 0 Å². The van der Waals surface area contributed by atoms with Gasteiger partial charge in [0.1, 0.15) is 0 Å². The Morgan fingerprint density at radius 3 is 1.48 bits per heavy atom. The molecule has 11 rings (SSSR count). The summed E-state index contributed by atoms with van der Waals surface area (Å²) < 4.78 is 0. The molecule has 292 valence electrons. The topological polar surface area (TPSA) is 3.24 Å². The van der Waals surface area contributed by atoms with Gasteiger partial charge in [0.2, 0.25) is 0 Å². The summed E-state index contributed by atoms with van der Waals surface area (Å²) in [6.07, 6.45) is 0. The average molecular weight is 790 g/mol. The van der Waals surface area contributed by atoms with Crippen LogP contribution in [0.2, 0.25) is 0 Å². The predicted octanol–water partition coefficient (Wildman–Crippen LogP) is 16.6. The van der Waals surface area contributed by atoms with E-state index in [2.05, 4.69) is 243 Å². The van der Waals surface area contributed by atoms with Crippen molar-refractivity contribution in [2.24, 2.45) is 0 Å². The highest BCUT2D eigenvalue weighted by molar-refractivity contribution is 6.22. The van der Waals surface area contributed by atoms with E-state index in [1.165, 1.54) is 94.0 Å². The molecule has 0 amide bonds. The van der Waals surface area contributed by atoms with Crippen molar-refractivity contribution < 1.29 is 0 Å². The van der Waals surface area contributed by atoms with Gasteiger partial charge in [-0.3, -0.25) is 0 Å². The first kappa shape index (κ1) is 37.1. The molecule has 0 aliphatic carbocycles. The van der Waals surface area contributed by atoms with E-state index in [0.717, 1.165) is 16.9 Å². The number of fused-ring (bicyclic) bond motifs is 3. The van der Waals surface area contributed by atoms with Crippen molar-refractivity contribution in [3.63, 3.8) is 0 Å². The molecule has 10 aromatic carbocycles. The molecule has 1 atom stereocenters. The fraction of sp³-hybridized carbons (Fsp3) is 0.0492. The smallest absolute Gasteiger partial charge is 0.0613 e. The number of rotatable bonds is 7. The number of benzene rings is 9. The van der Waals surface area contributed by atoms with E-state index in [4.69, 9.17) is 0 Å². The van der Waals surface area contributed by atoms with Crippen LogP contribution in [0.3, 0.4) is 0 Å². The van der Waals surface area contributed by atoms with Gasteiger partial charge in [-0.25, -0.2) is 0 Å². The highest BCUT2D eigenvalue weighted by Crippen LogP contribution is 2.52. The lowest BCUT2D eigenvalue weighted by Gasteiger charge is -2.38. The summed E-state index contributed by atoms with van der Waals surface area (Å²) in [4.78, 5) is 2.46. The lowest BCUT2D eigenvalue weighted by atomic mass is 9.81. The molecular formula is C61H43N. The Hall–Kier alpha value is -7.92. The largest absolute Gasteiger partial charge is 0.309 e. The summed E-state index contributed by atoms with van der Waals surface area (Å²) in [6.45, 7) is 4.62. The van der Waals surface area contributed by atoms with Crippen LogP contribution in [0, 0.1) is 12.1 Å². The van der Waals surface area contributed by atoms with Crippen LogP contribution in [0.4, 0.5) is 11.4 Å². The number of hydrogen-bond donors (Lipinski definition) is 0. The third kappa shape index (κ3) is 6.37. The Kier molecular flexibility index (Phi) is 9.33. The third-order valence-corrected chi connectivity index (χ3v) is 12.8. The minimum atomic E-state index is 0.185. The van der Waals surface area contributed by atoms with E-state index >= 15 is 0 Å². The molecule has 1 heterocycles. The van der Waals surface area contributed by atoms with Crippen LogP contribution < -0.4 is 4.90 Å². The average Bonchev–Trinajstić information content (AvgIpc) is 3.35. The standard InChI is InChI=1S/C61H43N/c1-41-42(2)61(48-28-16-7-17-29-48)62(58-40-56(45-22-10-4-11-23-45)55(39-54(41)58)44-20-8-3-9-21-44)50-35-32-43(33-36-50)49-34-37-53-57(38-49)60(47-26-14-6-15-27-47)52-31-19-18-30-51(52)59(53)46-24-12-5-13-25-46/h3-16,18-28,30-41H,1-2H3. The summed E-state index contributed by atoms with van der Waals surface area (Å²) in [5.74, 6) is 0.185. The van der Waals surface area contributed by atoms with Crippen molar-refractivity contribution in [3.8, 4) is 55.6 Å². The fourth-order valence-electron chi connectivity index (χ4n) is 9.68. The van der Waals surface area contributed by atoms with Crippen LogP contribution in [0.15, 0.2) is 224 Å². The third-order valence-electron chi connectivity index (χ3n) is 12.8. The van der Waals surface area contributed by atoms with Gasteiger partial charge in [-0.05, 0) is 138 Å². The van der Waals surface area contributed by atoms with Crippen LogP contribution >= 0.6 is 0 Å². The van der Waals surface area contributed by atoms with E-state index in [-0.39, 0.29) is 5.92 Å². The molecule has 0 radical (unpaired) electrons. The molecule has 0 aromatic heterocycles. The molecule has 0 N–H and O–H groups in total. The molecule has 0 fully saturated rings. The Bertz CT molecular complexity index is 3260. The van der Waals surface area contributed by atoms with Crippen molar-refractivity contribution in [3.05, 3.63) is 247 Å². The minimum Gasteiger partial charge on any atom is -0.309 e. The number of allylic oxidation sites excluding steroid dienone is 1. The summed E-state index contributed by atoms with van der Waals surface area (Å²) in [7, 11) is 0. The molecule has 0 spiro atoms. The van der Waals surface area contributed by atoms with Gasteiger partial charge in [0.25, 0.3) is 0 Å². The fourth-order valence-corrected chi connectivity index (χ4v) is 9.68. The first-order chi connectivity index (χ1) is 30.6. The Morgan fingerprint density at radius 2 is 0.919 bits per heavy atom. The van der Waals surface area contributed by atoms with Gasteiger partial charge in [0.05, 0.1) is 11.4 Å². The zero-order valence-corrected chi connectivity index (χ0v) is 34.8. The van der Waals surface area contributed by atoms with Crippen molar-refractivity contribution in [1.29, 1.82) is 0 Å². The number of hydrogen-bond acceptors (Lipinski definition) is 1. The van der Waals surface area contributed by atoms with Crippen molar-refractivity contribution in [2.45, 2.75) is 19.8 Å². The second kappa shape index (κ2) is 15.6. The summed E-state index contributed by atoms with van der Waals surface area (Å²) in [5.41, 5.74) is 19.2. The van der Waals surface area contributed by atoms with Crippen LogP contribution in [0.5, 0.6) is 0 Å². The van der Waals surface area contributed by atoms with Crippen LogP contribution in [-0.4, -0.2) is 0 Å². The van der Waals surface area contributed by atoms with E-state index in [1.54, 1.807) is 0 Å². The summed E-state index contributed by atoms with van der Waals surface area (Å²) >= 11 is 0. The van der Waals surface area contributed by atoms with Crippen LogP contribution in [0.1, 0.15) is 30.9 Å². The van der Waals surface area contributed by atoms with Gasteiger partial charge in [0, 0.05) is 17.2 Å². The molecule has 1 unspecified atom stereocenters. The minimum absolute atomic E-state index is 0.185. The maximum absolute atomic E-state index is 3.48. The second-order valence-electron chi connectivity index (χ2n) is 16.3. The molecule has 1 aliphatic rings. The van der Waals surface area contributed by atoms with E-state index < -0.39 is 0 Å². The SMILES string of the molecule is CC1=C(c2c#cccc2)N(c2ccc(-c3ccc4c(-c5ccccc5)c5ccccc5c(-c5ccccc5)c4c3)cc2)c2cc(-c3ccccc3)c(-c3ccccc3)cc2C1C. The molecule has 1 nitrogen and oxygen atoms in total. The van der Waals surface area contributed by atoms with Crippen molar-refractivity contribution in [2.75, 3.05) is 4.90 Å². The van der Waals surface area contributed by atoms with Gasteiger partial charge < -0.3 is 4.90 Å². The lowest BCUT2D eigenvalue weighted by Crippen LogP contribution is -2.24. The molecule has 10 aromatic rings. The first-order valence-corrected chi connectivity index (χ1v) is 21.5. The second-order valence-corrected chi connectivity index (χ2v) is 16.3. The maximum Gasteiger partial charge on any atom is 0.0613 e. The van der Waals surface area contributed by atoms with Crippen LogP contribution in [-0.2, 0) is 0 Å². The highest BCUT2D eigenvalue weighted by atomic mass is 15.2. The van der Waals surface area contributed by atoms with Gasteiger partial charge in [-0.2, -0.15) is 0 Å². The van der Waals surface area contributed by atoms with E-state index in [1.807, 2.05) is 6.07 Å². The number of anilines is 2. The normalized spacial score (nSPS) is 13.6. The van der Waals surface area contributed by atoms with Gasteiger partial charge in [0.15, 0.2) is 0 Å². The molecular weight excluding hydrogens is 747 g/mol. The Labute approximate surface area is 364 Å². The van der Waals surface area contributed by atoms with E-state index in [0.29, 0.717) is 0 Å².